The first-order valence-electron chi connectivity index (χ1n) is 13.4. The molecule has 4 aliphatic carbocycles. The molecule has 0 saturated heterocycles. The van der Waals surface area contributed by atoms with Crippen LogP contribution in [0.3, 0.4) is 0 Å². The monoisotopic (exact) mass is 494 g/mol. The second-order valence-corrected chi connectivity index (χ2v) is 12.8. The summed E-state index contributed by atoms with van der Waals surface area (Å²) in [5, 5.41) is 78.1. The molecule has 0 spiro atoms. The quantitative estimate of drug-likeness (QED) is 0.287. The van der Waals surface area contributed by atoms with E-state index in [9.17, 15) is 35.7 Å². The molecule has 0 aromatic heterocycles. The number of allylic oxidation sites excluding steroid dienone is 2. The lowest BCUT2D eigenvalue weighted by Gasteiger charge is -2.67. The Balaban J connectivity index is 1.76. The van der Waals surface area contributed by atoms with E-state index in [2.05, 4.69) is 46.8 Å². The zero-order chi connectivity index (χ0) is 26.1. The highest BCUT2D eigenvalue weighted by molar-refractivity contribution is 5.43. The molecule has 0 radical (unpaired) electrons. The number of aliphatic hydroxyl groups excluding tert-OH is 5. The van der Waals surface area contributed by atoms with E-state index in [1.807, 2.05) is 0 Å². The van der Waals surface area contributed by atoms with E-state index in [1.54, 1.807) is 0 Å². The van der Waals surface area contributed by atoms with Gasteiger partial charge >= 0.3 is 0 Å². The molecule has 12 atom stereocenters. The minimum atomic E-state index is -2.09. The average Bonchev–Trinajstić information content (AvgIpc) is 3.12. The zero-order valence-corrected chi connectivity index (χ0v) is 21.8. The highest BCUT2D eigenvalue weighted by Gasteiger charge is 2.76. The van der Waals surface area contributed by atoms with E-state index in [0.717, 1.165) is 12.8 Å². The Morgan fingerprint density at radius 1 is 0.943 bits per heavy atom. The highest BCUT2D eigenvalue weighted by Crippen LogP contribution is 2.69. The molecule has 0 heterocycles. The molecule has 0 unspecified atom stereocenters. The Kier molecular flexibility index (Phi) is 6.92. The topological polar surface area (TPSA) is 142 Å². The molecule has 0 bridgehead atoms. The fourth-order valence-electron chi connectivity index (χ4n) is 8.34. The van der Waals surface area contributed by atoms with Crippen molar-refractivity contribution in [2.75, 3.05) is 6.61 Å². The van der Waals surface area contributed by atoms with Crippen molar-refractivity contribution in [3.05, 3.63) is 23.8 Å². The van der Waals surface area contributed by atoms with Gasteiger partial charge in [-0.25, -0.2) is 0 Å². The van der Waals surface area contributed by atoms with Gasteiger partial charge in [0.15, 0.2) is 0 Å². The van der Waals surface area contributed by atoms with Crippen molar-refractivity contribution in [2.45, 2.75) is 102 Å². The van der Waals surface area contributed by atoms with Crippen LogP contribution in [0.15, 0.2) is 23.8 Å². The van der Waals surface area contributed by atoms with Crippen LogP contribution in [-0.4, -0.2) is 78.0 Å². The Hall–Kier alpha value is -0.800. The van der Waals surface area contributed by atoms with Gasteiger partial charge in [-0.3, -0.25) is 0 Å². The number of fused-ring (bicyclic) bond motifs is 5. The lowest BCUT2D eigenvalue weighted by molar-refractivity contribution is -0.310. The van der Waals surface area contributed by atoms with E-state index >= 15 is 0 Å². The number of rotatable bonds is 5. The first kappa shape index (κ1) is 27.2. The van der Waals surface area contributed by atoms with Crippen LogP contribution in [0.2, 0.25) is 0 Å². The molecule has 4 aliphatic rings. The van der Waals surface area contributed by atoms with Crippen LogP contribution in [0.25, 0.3) is 0 Å². The molecular formula is C28H46O7. The van der Waals surface area contributed by atoms with Crippen LogP contribution in [-0.2, 0) is 0 Å². The fraction of sp³-hybridized carbons (Fsp3) is 0.857. The SMILES string of the molecule is CC(C)[C@@H](C)C=C[C@@H](C)[C@H]1CC[C@H]2C3=C[C@@H](O)[C@@]4(O)C[C@@H](O)[C@H](O)C[C@]4(CO)[C@@]3(O)[C@H](O)C[C@]12C. The second-order valence-electron chi connectivity index (χ2n) is 12.8. The van der Waals surface area contributed by atoms with Crippen molar-refractivity contribution in [2.24, 2.45) is 40.4 Å². The summed E-state index contributed by atoms with van der Waals surface area (Å²) in [5.41, 5.74) is -5.81. The predicted octanol–water partition coefficient (Wildman–Crippen LogP) is 1.53. The standard InChI is InChI=1S/C28H46O7/c1-15(2)16(3)6-7-17(4)18-8-9-19-20-10-23(32)27(34)12-22(31)21(30)11-26(27,14-29)28(20,35)24(33)13-25(18,19)5/h6-7,10,15-19,21-24,29-35H,8-9,11-14H2,1-5H3/t16-,17+,18+,19-,21+,22+,23+,24+,25+,26+,27-,28-/m0/s1. The van der Waals surface area contributed by atoms with Crippen molar-refractivity contribution >= 4 is 0 Å². The molecule has 4 rings (SSSR count). The molecule has 7 heteroatoms. The maximum absolute atomic E-state index is 12.3. The molecule has 7 nitrogen and oxygen atoms in total. The largest absolute Gasteiger partial charge is 0.396 e. The number of aliphatic hydroxyl groups is 7. The number of hydrogen-bond acceptors (Lipinski definition) is 7. The lowest BCUT2D eigenvalue weighted by Crippen LogP contribution is -2.79. The second kappa shape index (κ2) is 8.90. The van der Waals surface area contributed by atoms with Crippen molar-refractivity contribution in [3.8, 4) is 0 Å². The van der Waals surface area contributed by atoms with Gasteiger partial charge in [-0.05, 0) is 66.3 Å². The van der Waals surface area contributed by atoms with Gasteiger partial charge in [0, 0.05) is 6.42 Å². The summed E-state index contributed by atoms with van der Waals surface area (Å²) in [6.45, 7) is 10.2. The summed E-state index contributed by atoms with van der Waals surface area (Å²) < 4.78 is 0. The van der Waals surface area contributed by atoms with E-state index in [1.165, 1.54) is 6.08 Å². The summed E-state index contributed by atoms with van der Waals surface area (Å²) in [6, 6.07) is 0. The van der Waals surface area contributed by atoms with Gasteiger partial charge < -0.3 is 35.7 Å². The van der Waals surface area contributed by atoms with E-state index < -0.39 is 54.1 Å². The maximum atomic E-state index is 12.3. The van der Waals surface area contributed by atoms with Gasteiger partial charge in [0.1, 0.15) is 17.3 Å². The normalized spacial score (nSPS) is 51.5. The summed E-state index contributed by atoms with van der Waals surface area (Å²) in [4.78, 5) is 0. The molecule has 3 fully saturated rings. The van der Waals surface area contributed by atoms with Crippen LogP contribution in [0.5, 0.6) is 0 Å². The van der Waals surface area contributed by atoms with Crippen molar-refractivity contribution < 1.29 is 35.7 Å². The molecule has 0 aromatic carbocycles. The van der Waals surface area contributed by atoms with Gasteiger partial charge in [-0.15, -0.1) is 0 Å². The molecule has 0 aliphatic heterocycles. The molecule has 7 N–H and O–H groups in total. The van der Waals surface area contributed by atoms with Gasteiger partial charge in [-0.2, -0.15) is 0 Å². The molecule has 3 saturated carbocycles. The van der Waals surface area contributed by atoms with Crippen LogP contribution in [0.4, 0.5) is 0 Å². The van der Waals surface area contributed by atoms with Gasteiger partial charge in [0.05, 0.1) is 30.3 Å². The van der Waals surface area contributed by atoms with Crippen LogP contribution in [0.1, 0.15) is 66.7 Å². The molecular weight excluding hydrogens is 448 g/mol. The molecule has 0 amide bonds. The number of hydrogen-bond donors (Lipinski definition) is 7. The summed E-state index contributed by atoms with van der Waals surface area (Å²) in [5.74, 6) is 1.37. The Morgan fingerprint density at radius 2 is 1.57 bits per heavy atom. The van der Waals surface area contributed by atoms with Crippen molar-refractivity contribution in [3.63, 3.8) is 0 Å². The van der Waals surface area contributed by atoms with E-state index in [-0.39, 0.29) is 36.0 Å². The maximum Gasteiger partial charge on any atom is 0.123 e. The summed E-state index contributed by atoms with van der Waals surface area (Å²) >= 11 is 0. The summed E-state index contributed by atoms with van der Waals surface area (Å²) in [7, 11) is 0. The molecule has 200 valence electrons. The molecule has 0 aromatic rings. The van der Waals surface area contributed by atoms with E-state index in [0.29, 0.717) is 17.4 Å². The Labute approximate surface area is 209 Å². The zero-order valence-electron chi connectivity index (χ0n) is 21.8. The average molecular weight is 495 g/mol. The Bertz CT molecular complexity index is 871. The lowest BCUT2D eigenvalue weighted by atomic mass is 9.42. The third kappa shape index (κ3) is 3.57. The van der Waals surface area contributed by atoms with Gasteiger partial charge in [0.25, 0.3) is 0 Å². The Morgan fingerprint density at radius 3 is 2.17 bits per heavy atom. The predicted molar refractivity (Wildman–Crippen MR) is 132 cm³/mol. The highest BCUT2D eigenvalue weighted by atomic mass is 16.4. The summed E-state index contributed by atoms with van der Waals surface area (Å²) in [6.07, 6.45) is 1.83. The first-order valence-corrected chi connectivity index (χ1v) is 13.4. The minimum absolute atomic E-state index is 0.147. The van der Waals surface area contributed by atoms with E-state index in [4.69, 9.17) is 0 Å². The minimum Gasteiger partial charge on any atom is -0.396 e. The van der Waals surface area contributed by atoms with Gasteiger partial charge in [-0.1, -0.05) is 52.8 Å². The first-order chi connectivity index (χ1) is 16.2. The van der Waals surface area contributed by atoms with Crippen molar-refractivity contribution in [1.29, 1.82) is 0 Å². The smallest absolute Gasteiger partial charge is 0.123 e. The van der Waals surface area contributed by atoms with Crippen LogP contribution >= 0.6 is 0 Å². The molecule has 35 heavy (non-hydrogen) atoms. The van der Waals surface area contributed by atoms with Gasteiger partial charge in [0.2, 0.25) is 0 Å². The fourth-order valence-corrected chi connectivity index (χ4v) is 8.34. The third-order valence-electron chi connectivity index (χ3n) is 10.9. The third-order valence-corrected chi connectivity index (χ3v) is 10.9. The van der Waals surface area contributed by atoms with Crippen molar-refractivity contribution in [1.82, 2.24) is 0 Å². The van der Waals surface area contributed by atoms with Crippen LogP contribution in [0, 0.1) is 40.4 Å². The van der Waals surface area contributed by atoms with Crippen LogP contribution < -0.4 is 0 Å².